The van der Waals surface area contributed by atoms with Crippen LogP contribution in [0.4, 0.5) is 10.1 Å². The molecule has 0 bridgehead atoms. The number of hydrogen-bond donors (Lipinski definition) is 1. The van der Waals surface area contributed by atoms with E-state index in [0.29, 0.717) is 12.5 Å². The molecule has 0 radical (unpaired) electrons. The van der Waals surface area contributed by atoms with Crippen LogP contribution in [0.1, 0.15) is 18.4 Å². The largest absolute Gasteiger partial charge is 0.373 e. The van der Waals surface area contributed by atoms with E-state index >= 15 is 0 Å². The zero-order valence-corrected chi connectivity index (χ0v) is 9.84. The molecule has 18 heavy (non-hydrogen) atoms. The third-order valence-electron chi connectivity index (χ3n) is 3.24. The van der Waals surface area contributed by atoms with Gasteiger partial charge in [-0.05, 0) is 37.4 Å². The highest BCUT2D eigenvalue weighted by Gasteiger charge is 2.29. The summed E-state index contributed by atoms with van der Waals surface area (Å²) in [6.07, 6.45) is 1.83. The number of nitro benzene ring substituents is 1. The first-order chi connectivity index (χ1) is 8.60. The number of nitro groups is 1. The molecule has 0 saturated heterocycles. The van der Waals surface area contributed by atoms with Crippen LogP contribution in [0.2, 0.25) is 0 Å². The minimum Gasteiger partial charge on any atom is -0.373 e. The maximum atomic E-state index is 13.1. The van der Waals surface area contributed by atoms with Crippen molar-refractivity contribution in [2.75, 3.05) is 6.54 Å². The zero-order valence-electron chi connectivity index (χ0n) is 9.84. The second kappa shape index (κ2) is 5.41. The molecule has 0 heterocycles. The highest BCUT2D eigenvalue weighted by atomic mass is 19.1. The molecule has 0 amide bonds. The second-order valence-electron chi connectivity index (χ2n) is 4.54. The summed E-state index contributed by atoms with van der Waals surface area (Å²) in [6.45, 7) is 0.704. The van der Waals surface area contributed by atoms with E-state index in [2.05, 4.69) is 0 Å². The lowest BCUT2D eigenvalue weighted by atomic mass is 9.82. The van der Waals surface area contributed by atoms with E-state index in [1.54, 1.807) is 0 Å². The van der Waals surface area contributed by atoms with Crippen LogP contribution in [0.3, 0.4) is 0 Å². The van der Waals surface area contributed by atoms with Gasteiger partial charge in [-0.1, -0.05) is 0 Å². The van der Waals surface area contributed by atoms with Gasteiger partial charge in [-0.25, -0.2) is 4.39 Å². The highest BCUT2D eigenvalue weighted by Crippen LogP contribution is 2.30. The zero-order chi connectivity index (χ0) is 13.1. The van der Waals surface area contributed by atoms with E-state index in [0.717, 1.165) is 31.0 Å². The van der Waals surface area contributed by atoms with Gasteiger partial charge in [0.1, 0.15) is 5.82 Å². The lowest BCUT2D eigenvalue weighted by Gasteiger charge is -2.34. The summed E-state index contributed by atoms with van der Waals surface area (Å²) in [6, 6.07) is 3.39. The molecule has 0 atom stereocenters. The van der Waals surface area contributed by atoms with Crippen LogP contribution in [0, 0.1) is 21.8 Å². The van der Waals surface area contributed by atoms with E-state index in [1.807, 2.05) is 0 Å². The maximum Gasteiger partial charge on any atom is 0.275 e. The fraction of sp³-hybridized carbons (Fsp3) is 0.500. The monoisotopic (exact) mass is 254 g/mol. The average molecular weight is 254 g/mol. The van der Waals surface area contributed by atoms with E-state index in [9.17, 15) is 14.5 Å². The van der Waals surface area contributed by atoms with Gasteiger partial charge in [0.25, 0.3) is 5.69 Å². The normalized spacial score (nSPS) is 22.6. The van der Waals surface area contributed by atoms with Crippen molar-refractivity contribution in [2.24, 2.45) is 11.7 Å². The van der Waals surface area contributed by atoms with Crippen LogP contribution in [-0.2, 0) is 11.3 Å². The van der Waals surface area contributed by atoms with E-state index < -0.39 is 10.7 Å². The molecule has 0 aliphatic heterocycles. The van der Waals surface area contributed by atoms with Gasteiger partial charge in [-0.3, -0.25) is 10.1 Å². The molecule has 1 fully saturated rings. The quantitative estimate of drug-likeness (QED) is 0.643. The van der Waals surface area contributed by atoms with Gasteiger partial charge in [0, 0.05) is 6.07 Å². The van der Waals surface area contributed by atoms with E-state index in [1.165, 1.54) is 0 Å². The second-order valence-corrected chi connectivity index (χ2v) is 4.54. The first-order valence-corrected chi connectivity index (χ1v) is 5.84. The summed E-state index contributed by atoms with van der Waals surface area (Å²) in [5.41, 5.74) is 5.66. The average Bonchev–Trinajstić information content (AvgIpc) is 2.27. The van der Waals surface area contributed by atoms with E-state index in [-0.39, 0.29) is 24.0 Å². The molecule has 2 rings (SSSR count). The molecule has 2 N–H and O–H groups in total. The van der Waals surface area contributed by atoms with Gasteiger partial charge in [0.15, 0.2) is 0 Å². The van der Waals surface area contributed by atoms with Crippen molar-refractivity contribution >= 4 is 5.69 Å². The SMILES string of the molecule is NCC1CC(OCc2cc(F)ccc2[N+](=O)[O-])C1. The minimum atomic E-state index is -0.526. The Labute approximate surface area is 104 Å². The molecule has 6 heteroatoms. The van der Waals surface area contributed by atoms with Gasteiger partial charge >= 0.3 is 0 Å². The molecular weight excluding hydrogens is 239 g/mol. The van der Waals surface area contributed by atoms with Gasteiger partial charge in [-0.15, -0.1) is 0 Å². The number of nitrogens with two attached hydrogens (primary N) is 1. The summed E-state index contributed by atoms with van der Waals surface area (Å²) in [5, 5.41) is 10.8. The van der Waals surface area contributed by atoms with Gasteiger partial charge in [-0.2, -0.15) is 0 Å². The van der Waals surface area contributed by atoms with Crippen molar-refractivity contribution in [3.05, 3.63) is 39.7 Å². The van der Waals surface area contributed by atoms with Crippen molar-refractivity contribution < 1.29 is 14.1 Å². The van der Waals surface area contributed by atoms with Crippen molar-refractivity contribution in [1.82, 2.24) is 0 Å². The molecule has 0 unspecified atom stereocenters. The van der Waals surface area contributed by atoms with Crippen molar-refractivity contribution in [3.8, 4) is 0 Å². The Kier molecular flexibility index (Phi) is 3.88. The number of ether oxygens (including phenoxy) is 1. The Morgan fingerprint density at radius 3 is 2.83 bits per heavy atom. The maximum absolute atomic E-state index is 13.1. The van der Waals surface area contributed by atoms with Gasteiger partial charge < -0.3 is 10.5 Å². The Hall–Kier alpha value is -1.53. The molecule has 1 aliphatic carbocycles. The van der Waals surface area contributed by atoms with Crippen molar-refractivity contribution in [3.63, 3.8) is 0 Å². The third kappa shape index (κ3) is 2.83. The summed E-state index contributed by atoms with van der Waals surface area (Å²) >= 11 is 0. The Bertz CT molecular complexity index is 447. The third-order valence-corrected chi connectivity index (χ3v) is 3.24. The summed E-state index contributed by atoms with van der Waals surface area (Å²) in [7, 11) is 0. The van der Waals surface area contributed by atoms with Crippen LogP contribution >= 0.6 is 0 Å². The number of rotatable bonds is 5. The smallest absolute Gasteiger partial charge is 0.275 e. The first-order valence-electron chi connectivity index (χ1n) is 5.84. The topological polar surface area (TPSA) is 78.4 Å². The number of nitrogens with zero attached hydrogens (tertiary/aromatic N) is 1. The van der Waals surface area contributed by atoms with E-state index in [4.69, 9.17) is 10.5 Å². The fourth-order valence-electron chi connectivity index (χ4n) is 2.06. The van der Waals surface area contributed by atoms with Gasteiger partial charge in [0.05, 0.1) is 23.2 Å². The van der Waals surface area contributed by atoms with Crippen molar-refractivity contribution in [1.29, 1.82) is 0 Å². The molecule has 1 aromatic carbocycles. The summed E-state index contributed by atoms with van der Waals surface area (Å²) < 4.78 is 18.6. The van der Waals surface area contributed by atoms with Crippen LogP contribution in [-0.4, -0.2) is 17.6 Å². The lowest BCUT2D eigenvalue weighted by molar-refractivity contribution is -0.386. The Morgan fingerprint density at radius 1 is 1.50 bits per heavy atom. The standard InChI is InChI=1S/C12H15FN2O3/c13-10-1-2-12(15(16)17)9(5-10)7-18-11-3-8(4-11)6-14/h1-2,5,8,11H,3-4,6-7,14H2. The molecule has 1 aliphatic rings. The van der Waals surface area contributed by atoms with Crippen molar-refractivity contribution in [2.45, 2.75) is 25.6 Å². The highest BCUT2D eigenvalue weighted by molar-refractivity contribution is 5.39. The molecule has 98 valence electrons. The predicted molar refractivity (Wildman–Crippen MR) is 63.4 cm³/mol. The van der Waals surface area contributed by atoms with Crippen LogP contribution in [0.15, 0.2) is 18.2 Å². The van der Waals surface area contributed by atoms with Crippen LogP contribution < -0.4 is 5.73 Å². The minimum absolute atomic E-state index is 0.0655. The Morgan fingerprint density at radius 2 is 2.22 bits per heavy atom. The number of benzene rings is 1. The van der Waals surface area contributed by atoms with Gasteiger partial charge in [0.2, 0.25) is 0 Å². The molecular formula is C12H15FN2O3. The van der Waals surface area contributed by atoms with Crippen LogP contribution in [0.5, 0.6) is 0 Å². The lowest BCUT2D eigenvalue weighted by Crippen LogP contribution is -2.35. The summed E-state index contributed by atoms with van der Waals surface area (Å²) in [4.78, 5) is 10.2. The predicted octanol–water partition coefficient (Wildman–Crippen LogP) is 1.99. The number of hydrogen-bond acceptors (Lipinski definition) is 4. The molecule has 0 aromatic heterocycles. The first kappa shape index (κ1) is 12.9. The van der Waals surface area contributed by atoms with Crippen LogP contribution in [0.25, 0.3) is 0 Å². The number of halogens is 1. The summed E-state index contributed by atoms with van der Waals surface area (Å²) in [5.74, 6) is -0.00913. The Balaban J connectivity index is 1.96. The molecule has 0 spiro atoms. The fourth-order valence-corrected chi connectivity index (χ4v) is 2.06. The molecule has 5 nitrogen and oxygen atoms in total. The molecule has 1 aromatic rings. The molecule has 1 saturated carbocycles.